The Morgan fingerprint density at radius 2 is 1.76 bits per heavy atom. The number of aromatic carboxylic acids is 1. The molecule has 0 aliphatic rings. The Balaban J connectivity index is 2.45. The number of amides is 1. The van der Waals surface area contributed by atoms with Crippen LogP contribution >= 0.6 is 15.9 Å². The van der Waals surface area contributed by atoms with Crippen LogP contribution in [-0.2, 0) is 0 Å². The van der Waals surface area contributed by atoms with Crippen molar-refractivity contribution in [3.8, 4) is 0 Å². The van der Waals surface area contributed by atoms with Gasteiger partial charge in [-0.1, -0.05) is 34.1 Å². The molecule has 1 amide bonds. The van der Waals surface area contributed by atoms with Gasteiger partial charge in [0.2, 0.25) is 0 Å². The van der Waals surface area contributed by atoms with Crippen molar-refractivity contribution in [2.75, 3.05) is 11.9 Å². The minimum absolute atomic E-state index is 0.0981. The summed E-state index contributed by atoms with van der Waals surface area (Å²) in [7, 11) is 1.57. The van der Waals surface area contributed by atoms with Crippen LogP contribution in [0.1, 0.15) is 26.3 Å². The maximum absolute atomic E-state index is 12.6. The summed E-state index contributed by atoms with van der Waals surface area (Å²) in [6.45, 7) is 1.84. The number of anilines is 1. The molecule has 4 nitrogen and oxygen atoms in total. The number of halogens is 1. The van der Waals surface area contributed by atoms with Crippen LogP contribution in [0.5, 0.6) is 0 Å². The van der Waals surface area contributed by atoms with Crippen molar-refractivity contribution in [1.82, 2.24) is 0 Å². The van der Waals surface area contributed by atoms with Crippen molar-refractivity contribution in [2.45, 2.75) is 6.92 Å². The third kappa shape index (κ3) is 3.13. The molecule has 0 aliphatic carbocycles. The highest BCUT2D eigenvalue weighted by Gasteiger charge is 2.20. The second-order valence-electron chi connectivity index (χ2n) is 4.65. The number of carboxylic acids is 1. The SMILES string of the molecule is Cc1ccc(Br)cc1C(=O)N(C)c1ccccc1C(=O)O. The topological polar surface area (TPSA) is 57.6 Å². The molecule has 1 N–H and O–H groups in total. The van der Waals surface area contributed by atoms with Crippen LogP contribution in [0.2, 0.25) is 0 Å². The van der Waals surface area contributed by atoms with Crippen molar-refractivity contribution in [1.29, 1.82) is 0 Å². The van der Waals surface area contributed by atoms with Crippen LogP contribution in [0.15, 0.2) is 46.9 Å². The smallest absolute Gasteiger partial charge is 0.337 e. The highest BCUT2D eigenvalue weighted by Crippen LogP contribution is 2.23. The molecule has 0 saturated heterocycles. The number of aryl methyl sites for hydroxylation is 1. The second-order valence-corrected chi connectivity index (χ2v) is 5.56. The van der Waals surface area contributed by atoms with Crippen molar-refractivity contribution < 1.29 is 14.7 Å². The zero-order valence-corrected chi connectivity index (χ0v) is 13.2. The van der Waals surface area contributed by atoms with Gasteiger partial charge in [-0.25, -0.2) is 4.79 Å². The van der Waals surface area contributed by atoms with E-state index in [1.165, 1.54) is 11.0 Å². The Morgan fingerprint density at radius 1 is 1.10 bits per heavy atom. The first-order valence-electron chi connectivity index (χ1n) is 6.28. The molecule has 0 fully saturated rings. The van der Waals surface area contributed by atoms with E-state index < -0.39 is 5.97 Å². The highest BCUT2D eigenvalue weighted by atomic mass is 79.9. The second kappa shape index (κ2) is 6.10. The van der Waals surface area contributed by atoms with Gasteiger partial charge < -0.3 is 10.0 Å². The molecule has 2 aromatic rings. The first-order chi connectivity index (χ1) is 9.91. The lowest BCUT2D eigenvalue weighted by molar-refractivity contribution is 0.0697. The van der Waals surface area contributed by atoms with E-state index in [0.29, 0.717) is 11.3 Å². The van der Waals surface area contributed by atoms with Gasteiger partial charge in [-0.05, 0) is 36.8 Å². The Morgan fingerprint density at radius 3 is 2.43 bits per heavy atom. The van der Waals surface area contributed by atoms with Gasteiger partial charge in [0.15, 0.2) is 0 Å². The van der Waals surface area contributed by atoms with E-state index in [0.717, 1.165) is 10.0 Å². The fraction of sp³-hybridized carbons (Fsp3) is 0.125. The van der Waals surface area contributed by atoms with Crippen LogP contribution in [0.25, 0.3) is 0 Å². The van der Waals surface area contributed by atoms with Gasteiger partial charge in [0.05, 0.1) is 11.3 Å². The van der Waals surface area contributed by atoms with Crippen LogP contribution in [0.3, 0.4) is 0 Å². The number of nitrogens with zero attached hydrogens (tertiary/aromatic N) is 1. The third-order valence-electron chi connectivity index (χ3n) is 3.23. The molecule has 0 spiro atoms. The third-order valence-corrected chi connectivity index (χ3v) is 3.72. The largest absolute Gasteiger partial charge is 0.478 e. The van der Waals surface area contributed by atoms with Gasteiger partial charge in [-0.3, -0.25) is 4.79 Å². The number of carbonyl (C=O) groups excluding carboxylic acids is 1. The summed E-state index contributed by atoms with van der Waals surface area (Å²) in [5, 5.41) is 9.22. The number of para-hydroxylation sites is 1. The quantitative estimate of drug-likeness (QED) is 0.920. The summed E-state index contributed by atoms with van der Waals surface area (Å²) in [6.07, 6.45) is 0. The zero-order valence-electron chi connectivity index (χ0n) is 11.6. The van der Waals surface area contributed by atoms with E-state index in [1.54, 1.807) is 31.3 Å². The predicted molar refractivity (Wildman–Crippen MR) is 85.0 cm³/mol. The molecule has 21 heavy (non-hydrogen) atoms. The molecule has 0 bridgehead atoms. The number of rotatable bonds is 3. The molecule has 2 rings (SSSR count). The Kier molecular flexibility index (Phi) is 4.43. The summed E-state index contributed by atoms with van der Waals surface area (Å²) in [5.41, 5.74) is 1.84. The van der Waals surface area contributed by atoms with Crippen LogP contribution in [0.4, 0.5) is 5.69 Å². The average molecular weight is 348 g/mol. The minimum atomic E-state index is -1.06. The van der Waals surface area contributed by atoms with E-state index >= 15 is 0 Å². The van der Waals surface area contributed by atoms with Gasteiger partial charge >= 0.3 is 5.97 Å². The number of hydrogen-bond acceptors (Lipinski definition) is 2. The molecule has 0 unspecified atom stereocenters. The lowest BCUT2D eigenvalue weighted by Gasteiger charge is -2.20. The summed E-state index contributed by atoms with van der Waals surface area (Å²) < 4.78 is 0.802. The Hall–Kier alpha value is -2.14. The Bertz CT molecular complexity index is 712. The zero-order chi connectivity index (χ0) is 15.6. The summed E-state index contributed by atoms with van der Waals surface area (Å²) in [6, 6.07) is 11.9. The molecule has 0 atom stereocenters. The molecular weight excluding hydrogens is 334 g/mol. The van der Waals surface area contributed by atoms with Gasteiger partial charge in [0.25, 0.3) is 5.91 Å². The molecule has 0 saturated carbocycles. The van der Waals surface area contributed by atoms with Crippen molar-refractivity contribution in [2.24, 2.45) is 0 Å². The monoisotopic (exact) mass is 347 g/mol. The maximum atomic E-state index is 12.6. The van der Waals surface area contributed by atoms with Crippen molar-refractivity contribution in [3.05, 3.63) is 63.6 Å². The van der Waals surface area contributed by atoms with Crippen molar-refractivity contribution >= 4 is 33.5 Å². The van der Waals surface area contributed by atoms with Crippen LogP contribution in [0, 0.1) is 6.92 Å². The first-order valence-corrected chi connectivity index (χ1v) is 7.07. The standard InChI is InChI=1S/C16H14BrNO3/c1-10-7-8-11(17)9-13(10)15(19)18(2)14-6-4-3-5-12(14)16(20)21/h3-9H,1-2H3,(H,20,21). The minimum Gasteiger partial charge on any atom is -0.478 e. The van der Waals surface area contributed by atoms with E-state index in [-0.39, 0.29) is 11.5 Å². The van der Waals surface area contributed by atoms with Crippen LogP contribution in [-0.4, -0.2) is 24.0 Å². The first kappa shape index (κ1) is 15.3. The molecule has 0 aromatic heterocycles. The van der Waals surface area contributed by atoms with E-state index in [4.69, 9.17) is 0 Å². The summed E-state index contributed by atoms with van der Waals surface area (Å²) in [4.78, 5) is 25.2. The summed E-state index contributed by atoms with van der Waals surface area (Å²) in [5.74, 6) is -1.31. The number of hydrogen-bond donors (Lipinski definition) is 1. The van der Waals surface area contributed by atoms with E-state index in [9.17, 15) is 14.7 Å². The Labute approximate surface area is 131 Å². The normalized spacial score (nSPS) is 10.2. The lowest BCUT2D eigenvalue weighted by atomic mass is 10.1. The molecule has 0 heterocycles. The number of benzene rings is 2. The highest BCUT2D eigenvalue weighted by molar-refractivity contribution is 9.10. The molecule has 108 valence electrons. The number of carboxylic acid groups (broad SMARTS) is 1. The van der Waals surface area contributed by atoms with Gasteiger partial charge in [0.1, 0.15) is 0 Å². The molecule has 5 heteroatoms. The maximum Gasteiger partial charge on any atom is 0.337 e. The van der Waals surface area contributed by atoms with Gasteiger partial charge in [-0.15, -0.1) is 0 Å². The lowest BCUT2D eigenvalue weighted by Crippen LogP contribution is -2.28. The molecule has 0 aliphatic heterocycles. The summed E-state index contributed by atoms with van der Waals surface area (Å²) >= 11 is 3.34. The van der Waals surface area contributed by atoms with Crippen molar-refractivity contribution in [3.63, 3.8) is 0 Å². The molecule has 0 radical (unpaired) electrons. The fourth-order valence-electron chi connectivity index (χ4n) is 2.06. The molecule has 2 aromatic carbocycles. The number of carbonyl (C=O) groups is 2. The average Bonchev–Trinajstić information content (AvgIpc) is 2.48. The van der Waals surface area contributed by atoms with Gasteiger partial charge in [0, 0.05) is 17.1 Å². The van der Waals surface area contributed by atoms with E-state index in [2.05, 4.69) is 15.9 Å². The van der Waals surface area contributed by atoms with Crippen LogP contribution < -0.4 is 4.90 Å². The van der Waals surface area contributed by atoms with E-state index in [1.807, 2.05) is 19.1 Å². The molecular formula is C16H14BrNO3. The predicted octanol–water partition coefficient (Wildman–Crippen LogP) is 3.73. The van der Waals surface area contributed by atoms with Gasteiger partial charge in [-0.2, -0.15) is 0 Å². The fourth-order valence-corrected chi connectivity index (χ4v) is 2.42.